The van der Waals surface area contributed by atoms with Gasteiger partial charge < -0.3 is 15.2 Å². The molecule has 0 aliphatic heterocycles. The van der Waals surface area contributed by atoms with Crippen LogP contribution in [0.1, 0.15) is 21.5 Å². The van der Waals surface area contributed by atoms with Crippen molar-refractivity contribution in [2.75, 3.05) is 5.32 Å². The van der Waals surface area contributed by atoms with Gasteiger partial charge in [0.05, 0.1) is 12.2 Å². The van der Waals surface area contributed by atoms with Crippen LogP contribution in [-0.2, 0) is 13.2 Å². The number of halogens is 1. The molecular weight excluding hydrogens is 333 g/mol. The molecule has 0 unspecified atom stereocenters. The third-order valence-electron chi connectivity index (χ3n) is 3.81. The SMILES string of the molecule is O=C(Nc1cccc(CO)c1)c1ccccc1OCc1ccc(F)cc1. The number of para-hydroxylation sites is 1. The van der Waals surface area contributed by atoms with Crippen LogP contribution in [0.4, 0.5) is 10.1 Å². The maximum atomic E-state index is 13.0. The summed E-state index contributed by atoms with van der Waals surface area (Å²) in [6, 6.07) is 19.9. The van der Waals surface area contributed by atoms with Crippen molar-refractivity contribution in [3.63, 3.8) is 0 Å². The summed E-state index contributed by atoms with van der Waals surface area (Å²) in [6.45, 7) is 0.131. The first kappa shape index (κ1) is 17.6. The van der Waals surface area contributed by atoms with Crippen molar-refractivity contribution in [3.8, 4) is 5.75 Å². The van der Waals surface area contributed by atoms with Gasteiger partial charge in [-0.25, -0.2) is 4.39 Å². The van der Waals surface area contributed by atoms with Crippen molar-refractivity contribution < 1.29 is 19.0 Å². The highest BCUT2D eigenvalue weighted by Crippen LogP contribution is 2.21. The lowest BCUT2D eigenvalue weighted by atomic mass is 10.1. The van der Waals surface area contributed by atoms with Gasteiger partial charge >= 0.3 is 0 Å². The molecule has 2 N–H and O–H groups in total. The fourth-order valence-corrected chi connectivity index (χ4v) is 2.47. The summed E-state index contributed by atoms with van der Waals surface area (Å²) in [6.07, 6.45) is 0. The molecule has 0 saturated heterocycles. The molecule has 3 rings (SSSR count). The van der Waals surface area contributed by atoms with Gasteiger partial charge in [0.1, 0.15) is 18.2 Å². The van der Waals surface area contributed by atoms with E-state index in [-0.39, 0.29) is 24.9 Å². The molecule has 1 amide bonds. The molecule has 0 aromatic heterocycles. The Morgan fingerprint density at radius 2 is 1.73 bits per heavy atom. The van der Waals surface area contributed by atoms with Gasteiger partial charge in [0.2, 0.25) is 0 Å². The normalized spacial score (nSPS) is 10.4. The zero-order valence-electron chi connectivity index (χ0n) is 14.0. The maximum Gasteiger partial charge on any atom is 0.259 e. The molecule has 0 bridgehead atoms. The Bertz CT molecular complexity index is 894. The minimum absolute atomic E-state index is 0.0962. The molecule has 0 fully saturated rings. The first-order chi connectivity index (χ1) is 12.7. The average Bonchev–Trinajstić information content (AvgIpc) is 2.68. The maximum absolute atomic E-state index is 13.0. The molecule has 0 atom stereocenters. The van der Waals surface area contributed by atoms with E-state index in [1.807, 2.05) is 0 Å². The van der Waals surface area contributed by atoms with Crippen LogP contribution < -0.4 is 10.1 Å². The van der Waals surface area contributed by atoms with Crippen molar-refractivity contribution in [3.05, 3.63) is 95.3 Å². The molecule has 4 nitrogen and oxygen atoms in total. The zero-order valence-corrected chi connectivity index (χ0v) is 14.0. The van der Waals surface area contributed by atoms with E-state index >= 15 is 0 Å². The quantitative estimate of drug-likeness (QED) is 0.701. The Morgan fingerprint density at radius 1 is 0.962 bits per heavy atom. The number of ether oxygens (including phenoxy) is 1. The first-order valence-corrected chi connectivity index (χ1v) is 8.13. The molecule has 3 aromatic carbocycles. The summed E-state index contributed by atoms with van der Waals surface area (Å²) in [5.41, 5.74) is 2.50. The highest BCUT2D eigenvalue weighted by atomic mass is 19.1. The van der Waals surface area contributed by atoms with Crippen molar-refractivity contribution in [2.24, 2.45) is 0 Å². The number of benzene rings is 3. The van der Waals surface area contributed by atoms with Crippen LogP contribution in [0, 0.1) is 5.82 Å². The fraction of sp³-hybridized carbons (Fsp3) is 0.0952. The second-order valence-corrected chi connectivity index (χ2v) is 5.72. The monoisotopic (exact) mass is 351 g/mol. The van der Waals surface area contributed by atoms with E-state index < -0.39 is 0 Å². The largest absolute Gasteiger partial charge is 0.488 e. The standard InChI is InChI=1S/C21H18FNO3/c22-17-10-8-15(9-11-17)14-26-20-7-2-1-6-19(20)21(25)23-18-5-3-4-16(12-18)13-24/h1-12,24H,13-14H2,(H,23,25). The first-order valence-electron chi connectivity index (χ1n) is 8.13. The Morgan fingerprint density at radius 3 is 2.50 bits per heavy atom. The topological polar surface area (TPSA) is 58.6 Å². The van der Waals surface area contributed by atoms with Crippen LogP contribution >= 0.6 is 0 Å². The Kier molecular flexibility index (Phi) is 5.61. The minimum atomic E-state index is -0.310. The molecule has 5 heteroatoms. The third-order valence-corrected chi connectivity index (χ3v) is 3.81. The zero-order chi connectivity index (χ0) is 18.4. The molecule has 0 aliphatic rings. The molecule has 0 spiro atoms. The van der Waals surface area contributed by atoms with E-state index in [1.165, 1.54) is 12.1 Å². The lowest BCUT2D eigenvalue weighted by Gasteiger charge is -2.12. The van der Waals surface area contributed by atoms with Gasteiger partial charge in [0.15, 0.2) is 0 Å². The smallest absolute Gasteiger partial charge is 0.259 e. The number of rotatable bonds is 6. The van der Waals surface area contributed by atoms with Crippen molar-refractivity contribution >= 4 is 11.6 Å². The number of amides is 1. The number of anilines is 1. The Labute approximate surface area is 150 Å². The Balaban J connectivity index is 1.73. The minimum Gasteiger partial charge on any atom is -0.488 e. The van der Waals surface area contributed by atoms with Crippen molar-refractivity contribution in [1.29, 1.82) is 0 Å². The molecule has 26 heavy (non-hydrogen) atoms. The van der Waals surface area contributed by atoms with Gasteiger partial charge in [0.25, 0.3) is 5.91 Å². The summed E-state index contributed by atoms with van der Waals surface area (Å²) in [5.74, 6) is -0.180. The number of aliphatic hydroxyl groups is 1. The van der Waals surface area contributed by atoms with Crippen LogP contribution in [-0.4, -0.2) is 11.0 Å². The van der Waals surface area contributed by atoms with Gasteiger partial charge in [0, 0.05) is 5.69 Å². The summed E-state index contributed by atoms with van der Waals surface area (Å²) in [4.78, 5) is 12.6. The summed E-state index contributed by atoms with van der Waals surface area (Å²) in [5, 5.41) is 12.0. The molecular formula is C21H18FNO3. The van der Waals surface area contributed by atoms with E-state index in [0.717, 1.165) is 5.56 Å². The molecule has 0 saturated carbocycles. The lowest BCUT2D eigenvalue weighted by Crippen LogP contribution is -2.13. The number of aliphatic hydroxyl groups excluding tert-OH is 1. The van der Waals surface area contributed by atoms with E-state index in [0.29, 0.717) is 22.6 Å². The molecule has 0 radical (unpaired) electrons. The summed E-state index contributed by atoms with van der Waals surface area (Å²) in [7, 11) is 0. The number of carbonyl (C=O) groups excluding carboxylic acids is 1. The lowest BCUT2D eigenvalue weighted by molar-refractivity contribution is 0.102. The second-order valence-electron chi connectivity index (χ2n) is 5.72. The second kappa shape index (κ2) is 8.27. The van der Waals surface area contributed by atoms with E-state index in [2.05, 4.69) is 5.32 Å². The molecule has 132 valence electrons. The fourth-order valence-electron chi connectivity index (χ4n) is 2.47. The number of hydrogen-bond acceptors (Lipinski definition) is 3. The van der Waals surface area contributed by atoms with Gasteiger partial charge in [-0.3, -0.25) is 4.79 Å². The molecule has 0 aliphatic carbocycles. The van der Waals surface area contributed by atoms with Crippen LogP contribution in [0.2, 0.25) is 0 Å². The highest BCUT2D eigenvalue weighted by molar-refractivity contribution is 6.06. The predicted molar refractivity (Wildman–Crippen MR) is 97.5 cm³/mol. The number of nitrogens with one attached hydrogen (secondary N) is 1. The van der Waals surface area contributed by atoms with Crippen molar-refractivity contribution in [2.45, 2.75) is 13.2 Å². The average molecular weight is 351 g/mol. The third kappa shape index (κ3) is 4.46. The van der Waals surface area contributed by atoms with E-state index in [1.54, 1.807) is 60.7 Å². The van der Waals surface area contributed by atoms with Gasteiger partial charge in [-0.05, 0) is 47.5 Å². The summed E-state index contributed by atoms with van der Waals surface area (Å²) >= 11 is 0. The van der Waals surface area contributed by atoms with Gasteiger partial charge in [-0.1, -0.05) is 36.4 Å². The van der Waals surface area contributed by atoms with E-state index in [9.17, 15) is 14.3 Å². The Hall–Kier alpha value is -3.18. The number of hydrogen-bond donors (Lipinski definition) is 2. The van der Waals surface area contributed by atoms with Gasteiger partial charge in [-0.15, -0.1) is 0 Å². The van der Waals surface area contributed by atoms with Crippen LogP contribution in [0.15, 0.2) is 72.8 Å². The molecule has 3 aromatic rings. The van der Waals surface area contributed by atoms with E-state index in [4.69, 9.17) is 4.74 Å². The predicted octanol–water partition coefficient (Wildman–Crippen LogP) is 4.15. The van der Waals surface area contributed by atoms with Crippen LogP contribution in [0.25, 0.3) is 0 Å². The number of carbonyl (C=O) groups is 1. The highest BCUT2D eigenvalue weighted by Gasteiger charge is 2.13. The van der Waals surface area contributed by atoms with Gasteiger partial charge in [-0.2, -0.15) is 0 Å². The van der Waals surface area contributed by atoms with Crippen LogP contribution in [0.5, 0.6) is 5.75 Å². The van der Waals surface area contributed by atoms with Crippen molar-refractivity contribution in [1.82, 2.24) is 0 Å². The summed E-state index contributed by atoms with van der Waals surface area (Å²) < 4.78 is 18.7. The molecule has 0 heterocycles. The van der Waals surface area contributed by atoms with Crippen LogP contribution in [0.3, 0.4) is 0 Å².